The fourth-order valence-corrected chi connectivity index (χ4v) is 2.58. The lowest BCUT2D eigenvalue weighted by Crippen LogP contribution is -2.15. The molecule has 0 fully saturated rings. The van der Waals surface area contributed by atoms with E-state index in [0.29, 0.717) is 5.70 Å². The van der Waals surface area contributed by atoms with E-state index in [1.54, 1.807) is 0 Å². The third-order valence-electron chi connectivity index (χ3n) is 3.69. The fourth-order valence-electron chi connectivity index (χ4n) is 2.58. The lowest BCUT2D eigenvalue weighted by atomic mass is 9.98. The van der Waals surface area contributed by atoms with Gasteiger partial charge in [-0.1, -0.05) is 13.3 Å². The van der Waals surface area contributed by atoms with Crippen LogP contribution in [0, 0.1) is 22.7 Å². The summed E-state index contributed by atoms with van der Waals surface area (Å²) in [5, 5.41) is 21.5. The van der Waals surface area contributed by atoms with Crippen molar-refractivity contribution in [3.63, 3.8) is 0 Å². The van der Waals surface area contributed by atoms with Crippen molar-refractivity contribution in [3.8, 4) is 12.1 Å². The van der Waals surface area contributed by atoms with Gasteiger partial charge in [0.1, 0.15) is 12.1 Å². The predicted molar refractivity (Wildman–Crippen MR) is 78.5 cm³/mol. The van der Waals surface area contributed by atoms with Gasteiger partial charge in [0, 0.05) is 12.2 Å². The number of hydrogen-bond donors (Lipinski definition) is 2. The molecule has 0 radical (unpaired) electrons. The molecule has 0 saturated carbocycles. The third-order valence-corrected chi connectivity index (χ3v) is 3.69. The molecule has 4 heteroatoms. The summed E-state index contributed by atoms with van der Waals surface area (Å²) in [4.78, 5) is 3.39. The number of aromatic nitrogens is 1. The number of nitrogens with one attached hydrogen (secondary N) is 2. The zero-order valence-corrected chi connectivity index (χ0v) is 11.9. The Kier molecular flexibility index (Phi) is 4.85. The molecule has 0 aliphatic heterocycles. The van der Waals surface area contributed by atoms with Crippen molar-refractivity contribution in [2.75, 3.05) is 6.54 Å². The van der Waals surface area contributed by atoms with Crippen LogP contribution in [0.2, 0.25) is 0 Å². The number of nitrogens with zero attached hydrogens (tertiary/aromatic N) is 2. The van der Waals surface area contributed by atoms with Gasteiger partial charge in [0.15, 0.2) is 5.57 Å². The van der Waals surface area contributed by atoms with E-state index >= 15 is 0 Å². The van der Waals surface area contributed by atoms with Crippen LogP contribution in [0.3, 0.4) is 0 Å². The van der Waals surface area contributed by atoms with Crippen LogP contribution in [-0.2, 0) is 12.8 Å². The number of H-pyrrole nitrogens is 1. The van der Waals surface area contributed by atoms with E-state index in [4.69, 9.17) is 10.5 Å². The van der Waals surface area contributed by atoms with E-state index in [1.807, 2.05) is 12.1 Å². The van der Waals surface area contributed by atoms with Crippen molar-refractivity contribution in [2.45, 2.75) is 45.4 Å². The summed E-state index contributed by atoms with van der Waals surface area (Å²) >= 11 is 0. The number of aryl methyl sites for hydroxylation is 2. The van der Waals surface area contributed by atoms with E-state index in [9.17, 15) is 0 Å². The molecular weight excluding hydrogens is 248 g/mol. The highest BCUT2D eigenvalue weighted by Crippen LogP contribution is 2.25. The first kappa shape index (κ1) is 14.2. The van der Waals surface area contributed by atoms with Crippen LogP contribution >= 0.6 is 0 Å². The summed E-state index contributed by atoms with van der Waals surface area (Å²) in [7, 11) is 0. The molecular formula is C16H20N4. The SMILES string of the molecule is CCCCNC(=C(C#N)C#N)c1cc2c([nH]1)CCCC2. The Morgan fingerprint density at radius 3 is 2.70 bits per heavy atom. The third kappa shape index (κ3) is 3.03. The number of rotatable bonds is 5. The van der Waals surface area contributed by atoms with E-state index < -0.39 is 0 Å². The lowest BCUT2D eigenvalue weighted by Gasteiger charge is -2.09. The van der Waals surface area contributed by atoms with Crippen molar-refractivity contribution >= 4 is 5.70 Å². The molecule has 20 heavy (non-hydrogen) atoms. The average molecular weight is 268 g/mol. The molecule has 0 spiro atoms. The molecule has 0 bridgehead atoms. The van der Waals surface area contributed by atoms with Crippen LogP contribution in [0.4, 0.5) is 0 Å². The summed E-state index contributed by atoms with van der Waals surface area (Å²) in [6.07, 6.45) is 6.67. The minimum absolute atomic E-state index is 0.153. The zero-order valence-electron chi connectivity index (χ0n) is 11.9. The van der Waals surface area contributed by atoms with Gasteiger partial charge >= 0.3 is 0 Å². The first-order valence-electron chi connectivity index (χ1n) is 7.29. The molecule has 1 aliphatic carbocycles. The van der Waals surface area contributed by atoms with Crippen LogP contribution in [0.25, 0.3) is 5.70 Å². The molecule has 4 nitrogen and oxygen atoms in total. The Labute approximate surface area is 120 Å². The maximum Gasteiger partial charge on any atom is 0.154 e. The lowest BCUT2D eigenvalue weighted by molar-refractivity contribution is 0.676. The molecule has 2 rings (SSSR count). The molecule has 0 unspecified atom stereocenters. The number of hydrogen-bond acceptors (Lipinski definition) is 3. The maximum absolute atomic E-state index is 9.13. The molecule has 1 aromatic rings. The Balaban J connectivity index is 2.32. The zero-order chi connectivity index (χ0) is 14.4. The van der Waals surface area contributed by atoms with Gasteiger partial charge < -0.3 is 10.3 Å². The summed E-state index contributed by atoms with van der Waals surface area (Å²) in [5.41, 5.74) is 4.27. The average Bonchev–Trinajstić information content (AvgIpc) is 2.90. The normalized spacial score (nSPS) is 12.9. The van der Waals surface area contributed by atoms with E-state index in [1.165, 1.54) is 24.1 Å². The second-order valence-electron chi connectivity index (χ2n) is 5.15. The Hall–Kier alpha value is -2.20. The molecule has 1 heterocycles. The van der Waals surface area contributed by atoms with E-state index in [2.05, 4.69) is 23.3 Å². The number of nitriles is 2. The Bertz CT molecular complexity index is 541. The molecule has 1 aromatic heterocycles. The van der Waals surface area contributed by atoms with Crippen molar-refractivity contribution in [1.82, 2.24) is 10.3 Å². The molecule has 2 N–H and O–H groups in total. The van der Waals surface area contributed by atoms with Crippen LogP contribution in [0.5, 0.6) is 0 Å². The van der Waals surface area contributed by atoms with Crippen LogP contribution in [-0.4, -0.2) is 11.5 Å². The number of aromatic amines is 1. The highest BCUT2D eigenvalue weighted by Gasteiger charge is 2.17. The van der Waals surface area contributed by atoms with Crippen LogP contribution < -0.4 is 5.32 Å². The minimum atomic E-state index is 0.153. The Morgan fingerprint density at radius 1 is 1.30 bits per heavy atom. The molecule has 0 saturated heterocycles. The molecule has 1 aliphatic rings. The van der Waals surface area contributed by atoms with Crippen LogP contribution in [0.15, 0.2) is 11.6 Å². The molecule has 0 atom stereocenters. The standard InChI is InChI=1S/C16H20N4/c1-2-3-8-19-16(13(10-17)11-18)15-9-12-6-4-5-7-14(12)20-15/h9,19-20H,2-8H2,1H3. The second-order valence-corrected chi connectivity index (χ2v) is 5.15. The largest absolute Gasteiger partial charge is 0.382 e. The smallest absolute Gasteiger partial charge is 0.154 e. The van der Waals surface area contributed by atoms with Gasteiger partial charge in [-0.25, -0.2) is 0 Å². The predicted octanol–water partition coefficient (Wildman–Crippen LogP) is 3.04. The van der Waals surface area contributed by atoms with Gasteiger partial charge in [-0.15, -0.1) is 0 Å². The van der Waals surface area contributed by atoms with Gasteiger partial charge in [-0.2, -0.15) is 10.5 Å². The van der Waals surface area contributed by atoms with Crippen molar-refractivity contribution in [3.05, 3.63) is 28.6 Å². The summed E-state index contributed by atoms with van der Waals surface area (Å²) < 4.78 is 0. The molecule has 104 valence electrons. The number of unbranched alkanes of at least 4 members (excludes halogenated alkanes) is 1. The van der Waals surface area contributed by atoms with Crippen molar-refractivity contribution in [2.24, 2.45) is 0 Å². The first-order valence-corrected chi connectivity index (χ1v) is 7.29. The summed E-state index contributed by atoms with van der Waals surface area (Å²) in [5.74, 6) is 0. The minimum Gasteiger partial charge on any atom is -0.382 e. The first-order chi connectivity index (χ1) is 9.80. The van der Waals surface area contributed by atoms with Gasteiger partial charge in [-0.3, -0.25) is 0 Å². The van der Waals surface area contributed by atoms with Gasteiger partial charge in [0.25, 0.3) is 0 Å². The van der Waals surface area contributed by atoms with Gasteiger partial charge in [-0.05, 0) is 43.7 Å². The second kappa shape index (κ2) is 6.82. The topological polar surface area (TPSA) is 75.4 Å². The maximum atomic E-state index is 9.13. The quantitative estimate of drug-likeness (QED) is 0.636. The summed E-state index contributed by atoms with van der Waals surface area (Å²) in [6.45, 7) is 2.90. The van der Waals surface area contributed by atoms with Crippen molar-refractivity contribution < 1.29 is 0 Å². The number of fused-ring (bicyclic) bond motifs is 1. The van der Waals surface area contributed by atoms with E-state index in [0.717, 1.165) is 37.9 Å². The monoisotopic (exact) mass is 268 g/mol. The van der Waals surface area contributed by atoms with Gasteiger partial charge in [0.2, 0.25) is 0 Å². The summed E-state index contributed by atoms with van der Waals surface area (Å²) in [6, 6.07) is 6.08. The van der Waals surface area contributed by atoms with Crippen LogP contribution in [0.1, 0.15) is 49.6 Å². The molecule has 0 aromatic carbocycles. The highest BCUT2D eigenvalue weighted by molar-refractivity contribution is 5.72. The highest BCUT2D eigenvalue weighted by atomic mass is 14.9. The van der Waals surface area contributed by atoms with Gasteiger partial charge in [0.05, 0.1) is 11.4 Å². The Morgan fingerprint density at radius 2 is 2.05 bits per heavy atom. The molecule has 0 amide bonds. The van der Waals surface area contributed by atoms with Crippen molar-refractivity contribution in [1.29, 1.82) is 10.5 Å². The van der Waals surface area contributed by atoms with E-state index in [-0.39, 0.29) is 5.57 Å². The number of allylic oxidation sites excluding steroid dienone is 1. The fraction of sp³-hybridized carbons (Fsp3) is 0.500.